The smallest absolute Gasteiger partial charge is 0.331 e. The molecule has 0 unspecified atom stereocenters. The number of nitrogens with one attached hydrogen (secondary N) is 2. The van der Waals surface area contributed by atoms with Gasteiger partial charge in [-0.1, -0.05) is 18.2 Å². The van der Waals surface area contributed by atoms with E-state index in [-0.39, 0.29) is 5.56 Å². The predicted octanol–water partition coefficient (Wildman–Crippen LogP) is 4.96. The summed E-state index contributed by atoms with van der Waals surface area (Å²) in [6.07, 6.45) is 0. The Morgan fingerprint density at radius 3 is 2.58 bits per heavy atom. The number of hydrogen-bond donors (Lipinski definition) is 2. The number of nitrogens with zero attached hydrogens (tertiary/aromatic N) is 1. The fraction of sp³-hybridized carbons (Fsp3) is 0.0870. The molecule has 0 aliphatic heterocycles. The SMILES string of the molecule is COc1ccccc1C(=O)NC(=O)NSc1ccc(-c2nc3cc(C)ccc3o2)cc1. The van der Waals surface area contributed by atoms with Crippen molar-refractivity contribution in [3.63, 3.8) is 0 Å². The number of carbonyl (C=O) groups is 2. The Bertz CT molecular complexity index is 1250. The summed E-state index contributed by atoms with van der Waals surface area (Å²) in [4.78, 5) is 29.7. The van der Waals surface area contributed by atoms with E-state index in [9.17, 15) is 9.59 Å². The Morgan fingerprint density at radius 2 is 1.81 bits per heavy atom. The van der Waals surface area contributed by atoms with Crippen LogP contribution < -0.4 is 14.8 Å². The highest BCUT2D eigenvalue weighted by Gasteiger charge is 2.15. The van der Waals surface area contributed by atoms with Gasteiger partial charge in [-0.3, -0.25) is 14.8 Å². The van der Waals surface area contributed by atoms with Crippen molar-refractivity contribution in [2.24, 2.45) is 0 Å². The van der Waals surface area contributed by atoms with Crippen molar-refractivity contribution in [2.75, 3.05) is 7.11 Å². The summed E-state index contributed by atoms with van der Waals surface area (Å²) in [5.74, 6) is 0.382. The standard InChI is InChI=1S/C23H19N3O4S/c1-14-7-12-20-18(13-14)24-22(30-20)15-8-10-16(11-9-15)31-26-23(28)25-21(27)17-5-3-4-6-19(17)29-2/h3-13H,1-2H3,(H2,25,26,27,28). The summed E-state index contributed by atoms with van der Waals surface area (Å²) in [5, 5.41) is 2.28. The lowest BCUT2D eigenvalue weighted by molar-refractivity contribution is 0.0962. The van der Waals surface area contributed by atoms with E-state index < -0.39 is 11.9 Å². The van der Waals surface area contributed by atoms with Crippen LogP contribution in [-0.2, 0) is 0 Å². The van der Waals surface area contributed by atoms with Gasteiger partial charge in [-0.05, 0) is 73.0 Å². The van der Waals surface area contributed by atoms with Crippen LogP contribution in [0.1, 0.15) is 15.9 Å². The molecule has 0 radical (unpaired) electrons. The predicted molar refractivity (Wildman–Crippen MR) is 119 cm³/mol. The minimum absolute atomic E-state index is 0.281. The molecule has 0 atom stereocenters. The van der Waals surface area contributed by atoms with Crippen LogP contribution in [0, 0.1) is 6.92 Å². The molecule has 0 aliphatic rings. The number of ether oxygens (including phenoxy) is 1. The van der Waals surface area contributed by atoms with Crippen LogP contribution in [-0.4, -0.2) is 24.0 Å². The van der Waals surface area contributed by atoms with Crippen LogP contribution in [0.2, 0.25) is 0 Å². The van der Waals surface area contributed by atoms with Crippen LogP contribution in [0.15, 0.2) is 76.0 Å². The average molecular weight is 433 g/mol. The highest BCUT2D eigenvalue weighted by Crippen LogP contribution is 2.26. The first-order valence-electron chi connectivity index (χ1n) is 9.42. The molecule has 0 saturated heterocycles. The molecule has 0 saturated carbocycles. The number of urea groups is 1. The summed E-state index contributed by atoms with van der Waals surface area (Å²) in [6.45, 7) is 2.01. The maximum absolute atomic E-state index is 12.3. The van der Waals surface area contributed by atoms with Crippen molar-refractivity contribution in [1.29, 1.82) is 0 Å². The molecule has 156 valence electrons. The summed E-state index contributed by atoms with van der Waals surface area (Å²) < 4.78 is 13.5. The third-order valence-electron chi connectivity index (χ3n) is 4.48. The molecule has 3 aromatic carbocycles. The molecular formula is C23H19N3O4S. The summed E-state index contributed by atoms with van der Waals surface area (Å²) in [7, 11) is 1.47. The van der Waals surface area contributed by atoms with Gasteiger partial charge in [-0.25, -0.2) is 9.78 Å². The second-order valence-corrected chi connectivity index (χ2v) is 7.58. The van der Waals surface area contributed by atoms with Gasteiger partial charge in [0.2, 0.25) is 5.89 Å². The van der Waals surface area contributed by atoms with Crippen LogP contribution >= 0.6 is 11.9 Å². The van der Waals surface area contributed by atoms with E-state index in [2.05, 4.69) is 15.0 Å². The largest absolute Gasteiger partial charge is 0.496 e. The lowest BCUT2D eigenvalue weighted by Crippen LogP contribution is -2.36. The molecule has 31 heavy (non-hydrogen) atoms. The minimum atomic E-state index is -0.626. The van der Waals surface area contributed by atoms with Gasteiger partial charge in [-0.15, -0.1) is 0 Å². The van der Waals surface area contributed by atoms with Gasteiger partial charge in [0.25, 0.3) is 5.91 Å². The van der Waals surface area contributed by atoms with Crippen molar-refractivity contribution in [2.45, 2.75) is 11.8 Å². The van der Waals surface area contributed by atoms with E-state index in [4.69, 9.17) is 9.15 Å². The van der Waals surface area contributed by atoms with Gasteiger partial charge in [0.05, 0.1) is 12.7 Å². The van der Waals surface area contributed by atoms with Gasteiger partial charge in [0.1, 0.15) is 11.3 Å². The molecule has 8 heteroatoms. The van der Waals surface area contributed by atoms with Crippen LogP contribution in [0.25, 0.3) is 22.6 Å². The van der Waals surface area contributed by atoms with Crippen molar-refractivity contribution in [3.05, 3.63) is 77.9 Å². The molecule has 4 aromatic rings. The number of aromatic nitrogens is 1. The number of hydrogen-bond acceptors (Lipinski definition) is 6. The highest BCUT2D eigenvalue weighted by atomic mass is 32.2. The number of benzene rings is 3. The Balaban J connectivity index is 1.36. The highest BCUT2D eigenvalue weighted by molar-refractivity contribution is 7.98. The Labute approximate surface area is 182 Å². The van der Waals surface area contributed by atoms with Crippen LogP contribution in [0.5, 0.6) is 5.75 Å². The maximum Gasteiger partial charge on any atom is 0.331 e. The number of imide groups is 1. The van der Waals surface area contributed by atoms with Gasteiger partial charge in [0, 0.05) is 10.5 Å². The number of rotatable bonds is 5. The Morgan fingerprint density at radius 1 is 1.03 bits per heavy atom. The molecule has 4 rings (SSSR count). The number of para-hydroxylation sites is 1. The third-order valence-corrected chi connectivity index (χ3v) is 5.28. The maximum atomic E-state index is 12.3. The Kier molecular flexibility index (Phi) is 5.90. The fourth-order valence-electron chi connectivity index (χ4n) is 2.96. The molecule has 3 amide bonds. The molecule has 0 fully saturated rings. The van der Waals surface area contributed by atoms with E-state index in [1.165, 1.54) is 7.11 Å². The molecule has 2 N–H and O–H groups in total. The van der Waals surface area contributed by atoms with E-state index in [1.54, 1.807) is 24.3 Å². The fourth-order valence-corrected chi connectivity index (χ4v) is 3.49. The molecule has 1 heterocycles. The van der Waals surface area contributed by atoms with Crippen molar-refractivity contribution >= 4 is 35.0 Å². The second-order valence-electron chi connectivity index (χ2n) is 6.70. The van der Waals surface area contributed by atoms with Crippen LogP contribution in [0.4, 0.5) is 4.79 Å². The molecular weight excluding hydrogens is 414 g/mol. The van der Waals surface area contributed by atoms with E-state index in [0.29, 0.717) is 11.6 Å². The minimum Gasteiger partial charge on any atom is -0.496 e. The molecule has 0 bridgehead atoms. The first kappa shape index (κ1) is 20.5. The average Bonchev–Trinajstić information content (AvgIpc) is 3.21. The lowest BCUT2D eigenvalue weighted by atomic mass is 10.2. The number of methoxy groups -OCH3 is 1. The van der Waals surface area contributed by atoms with E-state index in [1.807, 2.05) is 49.4 Å². The summed E-state index contributed by atoms with van der Waals surface area (Å²) in [6, 6.07) is 19.3. The van der Waals surface area contributed by atoms with Crippen molar-refractivity contribution in [3.8, 4) is 17.2 Å². The van der Waals surface area contributed by atoms with Crippen molar-refractivity contribution in [1.82, 2.24) is 15.0 Å². The number of oxazole rings is 1. The third kappa shape index (κ3) is 4.70. The van der Waals surface area contributed by atoms with Gasteiger partial charge < -0.3 is 9.15 Å². The normalized spacial score (nSPS) is 10.6. The zero-order valence-corrected chi connectivity index (χ0v) is 17.7. The molecule has 1 aromatic heterocycles. The molecule has 0 aliphatic carbocycles. The van der Waals surface area contributed by atoms with E-state index >= 15 is 0 Å². The van der Waals surface area contributed by atoms with Gasteiger partial charge in [-0.2, -0.15) is 0 Å². The molecule has 0 spiro atoms. The van der Waals surface area contributed by atoms with Gasteiger partial charge in [0.15, 0.2) is 5.58 Å². The zero-order chi connectivity index (χ0) is 21.8. The summed E-state index contributed by atoms with van der Waals surface area (Å²) in [5.41, 5.74) is 3.77. The number of aryl methyl sites for hydroxylation is 1. The summed E-state index contributed by atoms with van der Waals surface area (Å²) >= 11 is 1.09. The Hall–Kier alpha value is -3.78. The number of amides is 3. The van der Waals surface area contributed by atoms with E-state index in [0.717, 1.165) is 39.1 Å². The first-order chi connectivity index (χ1) is 15.0. The zero-order valence-electron chi connectivity index (χ0n) is 16.8. The first-order valence-corrected chi connectivity index (χ1v) is 10.2. The van der Waals surface area contributed by atoms with Crippen molar-refractivity contribution < 1.29 is 18.7 Å². The topological polar surface area (TPSA) is 93.5 Å². The monoisotopic (exact) mass is 433 g/mol. The number of carbonyl (C=O) groups excluding carboxylic acids is 2. The quantitative estimate of drug-likeness (QED) is 0.432. The van der Waals surface area contributed by atoms with Crippen LogP contribution in [0.3, 0.4) is 0 Å². The molecule has 7 nitrogen and oxygen atoms in total. The second kappa shape index (κ2) is 8.93. The lowest BCUT2D eigenvalue weighted by Gasteiger charge is -2.09. The number of fused-ring (bicyclic) bond motifs is 1. The van der Waals surface area contributed by atoms with Gasteiger partial charge >= 0.3 is 6.03 Å².